The molecule has 0 bridgehead atoms. The van der Waals surface area contributed by atoms with E-state index in [-0.39, 0.29) is 0 Å². The summed E-state index contributed by atoms with van der Waals surface area (Å²) in [6.45, 7) is 11.4. The Kier molecular flexibility index (Phi) is 9.58. The van der Waals surface area contributed by atoms with Crippen LogP contribution in [0.25, 0.3) is 0 Å². The number of hydrogen-bond acceptors (Lipinski definition) is 4. The van der Waals surface area contributed by atoms with Gasteiger partial charge >= 0.3 is 0 Å². The van der Waals surface area contributed by atoms with Crippen LogP contribution in [0.1, 0.15) is 32.6 Å². The van der Waals surface area contributed by atoms with Gasteiger partial charge in [-0.15, -0.1) is 0 Å². The van der Waals surface area contributed by atoms with Gasteiger partial charge in [0.25, 0.3) is 0 Å². The van der Waals surface area contributed by atoms with Crippen molar-refractivity contribution in [1.82, 2.24) is 15.1 Å². The van der Waals surface area contributed by atoms with Crippen LogP contribution in [0, 0.1) is 11.8 Å². The van der Waals surface area contributed by atoms with E-state index in [2.05, 4.69) is 27.0 Å². The zero-order chi connectivity index (χ0) is 17.9. The molecule has 0 spiro atoms. The average molecular weight is 355 g/mol. The highest BCUT2D eigenvalue weighted by atomic mass is 16.5. The van der Waals surface area contributed by atoms with Gasteiger partial charge in [0.2, 0.25) is 0 Å². The fourth-order valence-electron chi connectivity index (χ4n) is 3.80. The number of nitrogens with zero attached hydrogens (tertiary/aromatic N) is 3. The monoisotopic (exact) mass is 354 g/mol. The highest BCUT2D eigenvalue weighted by Crippen LogP contribution is 2.17. The second-order valence-electron chi connectivity index (χ2n) is 7.56. The minimum absolute atomic E-state index is 0.598. The predicted octanol–water partition coefficient (Wildman–Crippen LogP) is 1.67. The summed E-state index contributed by atoms with van der Waals surface area (Å²) in [5, 5.41) is 3.59. The number of nitrogens with one attached hydrogen (secondary N) is 1. The zero-order valence-corrected chi connectivity index (χ0v) is 16.5. The number of hydrogen-bond donors (Lipinski definition) is 1. The molecule has 2 aliphatic rings. The Hall–Kier alpha value is -0.850. The molecule has 0 amide bonds. The predicted molar refractivity (Wildman–Crippen MR) is 103 cm³/mol. The number of methoxy groups -OCH3 is 1. The van der Waals surface area contributed by atoms with E-state index in [1.165, 1.54) is 45.3 Å². The normalized spacial score (nSPS) is 23.9. The Morgan fingerprint density at radius 1 is 1.20 bits per heavy atom. The van der Waals surface area contributed by atoms with Crippen molar-refractivity contribution < 1.29 is 9.47 Å². The van der Waals surface area contributed by atoms with Crippen LogP contribution in [0.4, 0.5) is 0 Å². The molecule has 2 heterocycles. The first kappa shape index (κ1) is 20.5. The van der Waals surface area contributed by atoms with E-state index < -0.39 is 0 Å². The molecule has 0 aromatic heterocycles. The molecule has 25 heavy (non-hydrogen) atoms. The highest BCUT2D eigenvalue weighted by Gasteiger charge is 2.25. The van der Waals surface area contributed by atoms with Crippen molar-refractivity contribution in [2.45, 2.75) is 32.6 Å². The minimum Gasteiger partial charge on any atom is -0.382 e. The summed E-state index contributed by atoms with van der Waals surface area (Å²) in [5.41, 5.74) is 0. The average Bonchev–Trinajstić information content (AvgIpc) is 3.09. The third kappa shape index (κ3) is 7.50. The maximum absolute atomic E-state index is 5.68. The van der Waals surface area contributed by atoms with Gasteiger partial charge in [-0.2, -0.15) is 0 Å². The number of likely N-dealkylation sites (tertiary alicyclic amines) is 2. The van der Waals surface area contributed by atoms with Gasteiger partial charge in [-0.3, -0.25) is 4.99 Å². The molecular formula is C19H38N4O2. The number of rotatable bonds is 9. The molecule has 0 aliphatic carbocycles. The Morgan fingerprint density at radius 3 is 2.72 bits per heavy atom. The summed E-state index contributed by atoms with van der Waals surface area (Å²) < 4.78 is 10.7. The van der Waals surface area contributed by atoms with Crippen LogP contribution in [0.15, 0.2) is 4.99 Å². The van der Waals surface area contributed by atoms with Crippen molar-refractivity contribution in [3.8, 4) is 0 Å². The Balaban J connectivity index is 1.64. The third-order valence-electron chi connectivity index (χ3n) is 5.21. The molecule has 6 nitrogen and oxygen atoms in total. The van der Waals surface area contributed by atoms with Gasteiger partial charge in [0.15, 0.2) is 5.96 Å². The van der Waals surface area contributed by atoms with Gasteiger partial charge in [-0.25, -0.2) is 0 Å². The highest BCUT2D eigenvalue weighted by molar-refractivity contribution is 5.80. The van der Waals surface area contributed by atoms with Gasteiger partial charge in [-0.1, -0.05) is 13.3 Å². The Labute approximate surface area is 153 Å². The van der Waals surface area contributed by atoms with E-state index in [1.807, 2.05) is 7.05 Å². The standard InChI is InChI=1S/C19H38N4O2/c1-17(14-22-8-5-4-6-9-22)13-21-19(20-2)23-10-7-18(15-23)16-25-12-11-24-3/h17-18H,4-16H2,1-3H3,(H,20,21). The molecule has 0 aromatic carbocycles. The largest absolute Gasteiger partial charge is 0.382 e. The summed E-state index contributed by atoms with van der Waals surface area (Å²) in [7, 11) is 3.60. The number of ether oxygens (including phenoxy) is 2. The lowest BCUT2D eigenvalue weighted by Gasteiger charge is -2.30. The molecule has 2 saturated heterocycles. The SMILES string of the molecule is CN=C(NCC(C)CN1CCCCC1)N1CCC(COCCOC)C1. The molecule has 2 atom stereocenters. The topological polar surface area (TPSA) is 49.3 Å². The van der Waals surface area contributed by atoms with Gasteiger partial charge in [0.1, 0.15) is 0 Å². The quantitative estimate of drug-likeness (QED) is 0.388. The second-order valence-corrected chi connectivity index (χ2v) is 7.56. The van der Waals surface area contributed by atoms with Crippen LogP contribution in [0.3, 0.4) is 0 Å². The molecule has 0 radical (unpaired) electrons. The lowest BCUT2D eigenvalue weighted by molar-refractivity contribution is 0.0536. The van der Waals surface area contributed by atoms with Crippen molar-refractivity contribution in [3.05, 3.63) is 0 Å². The summed E-state index contributed by atoms with van der Waals surface area (Å²) >= 11 is 0. The van der Waals surface area contributed by atoms with Crippen LogP contribution in [-0.4, -0.2) is 89.0 Å². The lowest BCUT2D eigenvalue weighted by Crippen LogP contribution is -2.44. The molecular weight excluding hydrogens is 316 g/mol. The van der Waals surface area contributed by atoms with Crippen molar-refractivity contribution in [2.24, 2.45) is 16.8 Å². The maximum Gasteiger partial charge on any atom is 0.193 e. The summed E-state index contributed by atoms with van der Waals surface area (Å²) in [6, 6.07) is 0. The molecule has 0 aromatic rings. The summed E-state index contributed by atoms with van der Waals surface area (Å²) in [6.07, 6.45) is 5.31. The minimum atomic E-state index is 0.598. The maximum atomic E-state index is 5.68. The number of guanidine groups is 1. The third-order valence-corrected chi connectivity index (χ3v) is 5.21. The molecule has 6 heteroatoms. The van der Waals surface area contributed by atoms with Crippen LogP contribution in [0.5, 0.6) is 0 Å². The van der Waals surface area contributed by atoms with Crippen LogP contribution in [-0.2, 0) is 9.47 Å². The lowest BCUT2D eigenvalue weighted by atomic mass is 10.1. The van der Waals surface area contributed by atoms with Crippen molar-refractivity contribution >= 4 is 5.96 Å². The van der Waals surface area contributed by atoms with Crippen LogP contribution in [0.2, 0.25) is 0 Å². The second kappa shape index (κ2) is 11.7. The Morgan fingerprint density at radius 2 is 2.00 bits per heavy atom. The number of aliphatic imine (C=N–C) groups is 1. The Bertz CT molecular complexity index is 386. The van der Waals surface area contributed by atoms with Gasteiger partial charge in [0, 0.05) is 46.3 Å². The van der Waals surface area contributed by atoms with Crippen molar-refractivity contribution in [3.63, 3.8) is 0 Å². The van der Waals surface area contributed by atoms with Gasteiger partial charge in [-0.05, 0) is 38.3 Å². The summed E-state index contributed by atoms with van der Waals surface area (Å²) in [4.78, 5) is 9.48. The van der Waals surface area contributed by atoms with Crippen LogP contribution >= 0.6 is 0 Å². The molecule has 146 valence electrons. The van der Waals surface area contributed by atoms with Crippen molar-refractivity contribution in [2.75, 3.05) is 73.2 Å². The van der Waals surface area contributed by atoms with Crippen LogP contribution < -0.4 is 5.32 Å². The zero-order valence-electron chi connectivity index (χ0n) is 16.5. The van der Waals surface area contributed by atoms with E-state index in [1.54, 1.807) is 7.11 Å². The first-order valence-electron chi connectivity index (χ1n) is 9.97. The molecule has 2 fully saturated rings. The molecule has 0 saturated carbocycles. The molecule has 1 N–H and O–H groups in total. The van der Waals surface area contributed by atoms with Crippen molar-refractivity contribution in [1.29, 1.82) is 0 Å². The molecule has 2 rings (SSSR count). The summed E-state index contributed by atoms with van der Waals surface area (Å²) in [5.74, 6) is 2.29. The van der Waals surface area contributed by atoms with E-state index in [9.17, 15) is 0 Å². The first-order valence-corrected chi connectivity index (χ1v) is 9.97. The van der Waals surface area contributed by atoms with E-state index in [0.29, 0.717) is 25.0 Å². The fourth-order valence-corrected chi connectivity index (χ4v) is 3.80. The molecule has 2 aliphatic heterocycles. The van der Waals surface area contributed by atoms with Gasteiger partial charge < -0.3 is 24.6 Å². The fraction of sp³-hybridized carbons (Fsp3) is 0.947. The number of piperidine rings is 1. The van der Waals surface area contributed by atoms with E-state index in [0.717, 1.165) is 32.2 Å². The van der Waals surface area contributed by atoms with E-state index in [4.69, 9.17) is 9.47 Å². The smallest absolute Gasteiger partial charge is 0.193 e. The molecule has 2 unspecified atom stereocenters. The van der Waals surface area contributed by atoms with Gasteiger partial charge in [0.05, 0.1) is 19.8 Å². The first-order chi connectivity index (χ1) is 12.2. The van der Waals surface area contributed by atoms with E-state index >= 15 is 0 Å².